The van der Waals surface area contributed by atoms with Crippen molar-refractivity contribution in [3.8, 4) is 5.75 Å². The molecule has 126 valence electrons. The Bertz CT molecular complexity index is 733. The molecule has 0 aliphatic carbocycles. The number of benzene rings is 2. The maximum absolute atomic E-state index is 13.0. The van der Waals surface area contributed by atoms with E-state index in [1.54, 1.807) is 12.1 Å². The number of carbonyl (C=O) groups excluding carboxylic acids is 2. The summed E-state index contributed by atoms with van der Waals surface area (Å²) in [6.45, 7) is -0.799. The van der Waals surface area contributed by atoms with Crippen molar-refractivity contribution in [1.82, 2.24) is 0 Å². The van der Waals surface area contributed by atoms with E-state index in [9.17, 15) is 22.8 Å². The Morgan fingerprint density at radius 1 is 0.917 bits per heavy atom. The van der Waals surface area contributed by atoms with Gasteiger partial charge in [0.05, 0.1) is 0 Å². The van der Waals surface area contributed by atoms with Crippen LogP contribution < -0.4 is 15.4 Å². The smallest absolute Gasteiger partial charge is 0.314 e. The van der Waals surface area contributed by atoms with Crippen molar-refractivity contribution < 1.29 is 27.5 Å². The van der Waals surface area contributed by atoms with Gasteiger partial charge in [-0.1, -0.05) is 6.07 Å². The van der Waals surface area contributed by atoms with Gasteiger partial charge in [0, 0.05) is 23.5 Å². The summed E-state index contributed by atoms with van der Waals surface area (Å²) in [5.74, 6) is -3.60. The van der Waals surface area contributed by atoms with Gasteiger partial charge in [-0.3, -0.25) is 9.59 Å². The van der Waals surface area contributed by atoms with E-state index in [-0.39, 0.29) is 18.0 Å². The molecule has 2 rings (SSSR count). The highest BCUT2D eigenvalue weighted by atomic mass is 19.1. The largest absolute Gasteiger partial charge is 0.491 e. The highest BCUT2D eigenvalue weighted by molar-refractivity contribution is 6.43. The number of ether oxygens (including phenoxy) is 1. The van der Waals surface area contributed by atoms with Crippen molar-refractivity contribution in [1.29, 1.82) is 0 Å². The molecule has 24 heavy (non-hydrogen) atoms. The summed E-state index contributed by atoms with van der Waals surface area (Å²) in [4.78, 5) is 23.5. The molecule has 0 aromatic heterocycles. The fourth-order valence-corrected chi connectivity index (χ4v) is 1.82. The molecular formula is C16H13F3N2O3. The number of hydrogen-bond donors (Lipinski definition) is 2. The van der Waals surface area contributed by atoms with Crippen LogP contribution in [0.2, 0.25) is 0 Å². The average molecular weight is 338 g/mol. The van der Waals surface area contributed by atoms with Gasteiger partial charge in [-0.15, -0.1) is 0 Å². The zero-order valence-corrected chi connectivity index (χ0v) is 12.3. The fraction of sp³-hybridized carbons (Fsp3) is 0.125. The Balaban J connectivity index is 1.99. The molecule has 0 unspecified atom stereocenters. The maximum atomic E-state index is 13.0. The average Bonchev–Trinajstić information content (AvgIpc) is 2.52. The second kappa shape index (κ2) is 8.00. The summed E-state index contributed by atoms with van der Waals surface area (Å²) in [6, 6.07) is 8.39. The first kappa shape index (κ1) is 17.3. The van der Waals surface area contributed by atoms with Crippen LogP contribution in [0.5, 0.6) is 5.75 Å². The van der Waals surface area contributed by atoms with Crippen LogP contribution in [0.15, 0.2) is 42.5 Å². The van der Waals surface area contributed by atoms with E-state index in [0.717, 1.165) is 12.1 Å². The van der Waals surface area contributed by atoms with Crippen LogP contribution in [0, 0.1) is 11.6 Å². The number of rotatable bonds is 5. The van der Waals surface area contributed by atoms with Gasteiger partial charge in [0.25, 0.3) is 0 Å². The molecule has 8 heteroatoms. The van der Waals surface area contributed by atoms with Crippen molar-refractivity contribution in [2.75, 3.05) is 23.9 Å². The number of alkyl halides is 1. The minimum Gasteiger partial charge on any atom is -0.491 e. The van der Waals surface area contributed by atoms with Gasteiger partial charge in [-0.05, 0) is 24.3 Å². The summed E-state index contributed by atoms with van der Waals surface area (Å²) in [5.41, 5.74) is 0.0598. The van der Waals surface area contributed by atoms with E-state index in [4.69, 9.17) is 4.74 Å². The standard InChI is InChI=1S/C16H13F3N2O3/c17-4-5-24-14-3-1-2-12(9-14)20-15(22)16(23)21-13-7-10(18)6-11(19)8-13/h1-3,6-9H,4-5H2,(H,20,22)(H,21,23). The summed E-state index contributed by atoms with van der Waals surface area (Å²) in [7, 11) is 0. The van der Waals surface area contributed by atoms with E-state index in [1.165, 1.54) is 12.1 Å². The molecule has 0 heterocycles. The molecule has 0 aliphatic heterocycles. The topological polar surface area (TPSA) is 67.4 Å². The molecular weight excluding hydrogens is 325 g/mol. The first-order valence-corrected chi connectivity index (χ1v) is 6.85. The second-order valence-electron chi connectivity index (χ2n) is 4.63. The lowest BCUT2D eigenvalue weighted by Crippen LogP contribution is -2.29. The summed E-state index contributed by atoms with van der Waals surface area (Å²) in [5, 5.41) is 4.38. The summed E-state index contributed by atoms with van der Waals surface area (Å²) < 4.78 is 43.2. The monoisotopic (exact) mass is 338 g/mol. The van der Waals surface area contributed by atoms with Gasteiger partial charge in [0.2, 0.25) is 0 Å². The highest BCUT2D eigenvalue weighted by Crippen LogP contribution is 2.18. The Labute approximate surface area is 135 Å². The highest BCUT2D eigenvalue weighted by Gasteiger charge is 2.15. The number of halogens is 3. The molecule has 0 aliphatic rings. The van der Waals surface area contributed by atoms with E-state index in [1.807, 2.05) is 0 Å². The molecule has 0 spiro atoms. The van der Waals surface area contributed by atoms with Crippen LogP contribution in [0.4, 0.5) is 24.5 Å². The molecule has 2 aromatic rings. The third-order valence-corrected chi connectivity index (χ3v) is 2.76. The molecule has 0 saturated carbocycles. The number of anilines is 2. The number of nitrogens with one attached hydrogen (secondary N) is 2. The molecule has 2 aromatic carbocycles. The van der Waals surface area contributed by atoms with Crippen LogP contribution in [-0.4, -0.2) is 25.1 Å². The quantitative estimate of drug-likeness (QED) is 0.824. The lowest BCUT2D eigenvalue weighted by molar-refractivity contribution is -0.133. The van der Waals surface area contributed by atoms with Gasteiger partial charge in [0.1, 0.15) is 30.7 Å². The first-order valence-electron chi connectivity index (χ1n) is 6.85. The van der Waals surface area contributed by atoms with Gasteiger partial charge in [-0.25, -0.2) is 13.2 Å². The molecule has 2 amide bonds. The first-order chi connectivity index (χ1) is 11.5. The number of carbonyl (C=O) groups is 2. The molecule has 0 radical (unpaired) electrons. The summed E-state index contributed by atoms with van der Waals surface area (Å²) >= 11 is 0. The molecule has 0 fully saturated rings. The number of amides is 2. The van der Waals surface area contributed by atoms with Gasteiger partial charge in [-0.2, -0.15) is 0 Å². The van der Waals surface area contributed by atoms with Gasteiger partial charge < -0.3 is 15.4 Å². The van der Waals surface area contributed by atoms with E-state index in [0.29, 0.717) is 11.8 Å². The second-order valence-corrected chi connectivity index (χ2v) is 4.63. The zero-order valence-electron chi connectivity index (χ0n) is 12.3. The van der Waals surface area contributed by atoms with Crippen LogP contribution in [0.3, 0.4) is 0 Å². The van der Waals surface area contributed by atoms with Crippen molar-refractivity contribution in [3.05, 3.63) is 54.1 Å². The van der Waals surface area contributed by atoms with E-state index >= 15 is 0 Å². The van der Waals surface area contributed by atoms with Crippen LogP contribution in [-0.2, 0) is 9.59 Å². The van der Waals surface area contributed by atoms with Gasteiger partial charge in [0.15, 0.2) is 0 Å². The lowest BCUT2D eigenvalue weighted by Gasteiger charge is -2.09. The maximum Gasteiger partial charge on any atom is 0.314 e. The Morgan fingerprint density at radius 3 is 2.17 bits per heavy atom. The van der Waals surface area contributed by atoms with Crippen molar-refractivity contribution >= 4 is 23.2 Å². The zero-order chi connectivity index (χ0) is 17.5. The Kier molecular flexibility index (Phi) is 5.78. The van der Waals surface area contributed by atoms with Crippen LogP contribution >= 0.6 is 0 Å². The van der Waals surface area contributed by atoms with Crippen molar-refractivity contribution in [2.24, 2.45) is 0 Å². The Hall–Kier alpha value is -3.03. The van der Waals surface area contributed by atoms with Crippen LogP contribution in [0.1, 0.15) is 0 Å². The fourth-order valence-electron chi connectivity index (χ4n) is 1.82. The molecule has 2 N–H and O–H groups in total. The van der Waals surface area contributed by atoms with E-state index in [2.05, 4.69) is 10.6 Å². The molecule has 0 saturated heterocycles. The predicted octanol–water partition coefficient (Wildman–Crippen LogP) is 2.89. The molecule has 5 nitrogen and oxygen atoms in total. The third kappa shape index (κ3) is 5.01. The van der Waals surface area contributed by atoms with Gasteiger partial charge >= 0.3 is 11.8 Å². The third-order valence-electron chi connectivity index (χ3n) is 2.76. The lowest BCUT2D eigenvalue weighted by atomic mass is 10.3. The van der Waals surface area contributed by atoms with E-state index < -0.39 is 30.1 Å². The van der Waals surface area contributed by atoms with Crippen molar-refractivity contribution in [2.45, 2.75) is 0 Å². The normalized spacial score (nSPS) is 10.1. The molecule has 0 atom stereocenters. The van der Waals surface area contributed by atoms with Crippen molar-refractivity contribution in [3.63, 3.8) is 0 Å². The Morgan fingerprint density at radius 2 is 1.54 bits per heavy atom. The SMILES string of the molecule is O=C(Nc1cc(F)cc(F)c1)C(=O)Nc1cccc(OCCF)c1. The minimum atomic E-state index is -1.10. The molecule has 0 bridgehead atoms. The summed E-state index contributed by atoms with van der Waals surface area (Å²) in [6.07, 6.45) is 0. The minimum absolute atomic E-state index is 0.136. The predicted molar refractivity (Wildman–Crippen MR) is 81.5 cm³/mol. The van der Waals surface area contributed by atoms with Crippen LogP contribution in [0.25, 0.3) is 0 Å². The number of hydrogen-bond acceptors (Lipinski definition) is 3.